The lowest BCUT2D eigenvalue weighted by atomic mass is 10.4. The van der Waals surface area contributed by atoms with Crippen molar-refractivity contribution in [3.8, 4) is 0 Å². The standard InChI is InChI=1S/C11H13N3O4S2/c1-7-3-10(8(2)19-7)20(17,18)13-9-4-12-14(5-9)6-11(15)16/h3-5,13H,6H2,1-2H3,(H,15,16). The van der Waals surface area contributed by atoms with Gasteiger partial charge >= 0.3 is 5.97 Å². The lowest BCUT2D eigenvalue weighted by Crippen LogP contribution is -2.13. The molecule has 2 heterocycles. The molecule has 0 amide bonds. The zero-order chi connectivity index (χ0) is 14.9. The molecule has 0 aliphatic rings. The molecule has 2 aromatic heterocycles. The topological polar surface area (TPSA) is 101 Å². The maximum absolute atomic E-state index is 12.2. The second-order valence-corrected chi connectivity index (χ2v) is 7.31. The fourth-order valence-corrected chi connectivity index (χ4v) is 4.31. The Kier molecular flexibility index (Phi) is 3.82. The van der Waals surface area contributed by atoms with Crippen LogP contribution in [-0.2, 0) is 21.4 Å². The van der Waals surface area contributed by atoms with E-state index in [1.165, 1.54) is 23.7 Å². The molecule has 2 rings (SSSR count). The highest BCUT2D eigenvalue weighted by atomic mass is 32.2. The highest BCUT2D eigenvalue weighted by Crippen LogP contribution is 2.26. The predicted molar refractivity (Wildman–Crippen MR) is 74.5 cm³/mol. The molecule has 9 heteroatoms. The Balaban J connectivity index is 2.22. The molecule has 2 aromatic rings. The summed E-state index contributed by atoms with van der Waals surface area (Å²) >= 11 is 1.40. The fourth-order valence-electron chi connectivity index (χ4n) is 1.73. The maximum atomic E-state index is 12.2. The quantitative estimate of drug-likeness (QED) is 0.869. The number of rotatable bonds is 5. The van der Waals surface area contributed by atoms with Crippen LogP contribution >= 0.6 is 11.3 Å². The van der Waals surface area contributed by atoms with Crippen molar-refractivity contribution in [2.45, 2.75) is 25.3 Å². The highest BCUT2D eigenvalue weighted by molar-refractivity contribution is 7.93. The van der Waals surface area contributed by atoms with Crippen LogP contribution in [0.15, 0.2) is 23.4 Å². The molecular formula is C11H13N3O4S2. The number of aryl methyl sites for hydroxylation is 2. The van der Waals surface area contributed by atoms with Gasteiger partial charge < -0.3 is 5.11 Å². The summed E-state index contributed by atoms with van der Waals surface area (Å²) in [4.78, 5) is 12.4. The molecule has 0 aromatic carbocycles. The average molecular weight is 315 g/mol. The third-order valence-corrected chi connectivity index (χ3v) is 5.07. The fraction of sp³-hybridized carbons (Fsp3) is 0.273. The van der Waals surface area contributed by atoms with Crippen molar-refractivity contribution in [2.75, 3.05) is 4.72 Å². The number of carbonyl (C=O) groups is 1. The normalized spacial score (nSPS) is 11.5. The molecule has 20 heavy (non-hydrogen) atoms. The zero-order valence-electron chi connectivity index (χ0n) is 10.8. The summed E-state index contributed by atoms with van der Waals surface area (Å²) in [6.07, 6.45) is 2.61. The van der Waals surface area contributed by atoms with E-state index in [4.69, 9.17) is 5.11 Å². The summed E-state index contributed by atoms with van der Waals surface area (Å²) in [5.41, 5.74) is 0.231. The SMILES string of the molecule is Cc1cc(S(=O)(=O)Nc2cnn(CC(=O)O)c2)c(C)s1. The molecule has 7 nitrogen and oxygen atoms in total. The Labute approximate surface area is 119 Å². The van der Waals surface area contributed by atoms with Crippen molar-refractivity contribution < 1.29 is 18.3 Å². The van der Waals surface area contributed by atoms with Crippen molar-refractivity contribution >= 4 is 33.0 Å². The van der Waals surface area contributed by atoms with Gasteiger partial charge in [0.1, 0.15) is 11.4 Å². The number of nitrogens with one attached hydrogen (secondary N) is 1. The number of carboxylic acids is 1. The molecule has 0 unspecified atom stereocenters. The van der Waals surface area contributed by atoms with Gasteiger partial charge in [0.05, 0.1) is 11.9 Å². The van der Waals surface area contributed by atoms with Crippen molar-refractivity contribution in [1.82, 2.24) is 9.78 Å². The summed E-state index contributed by atoms with van der Waals surface area (Å²) in [5, 5.41) is 12.4. The number of nitrogens with zero attached hydrogens (tertiary/aromatic N) is 2. The molecule has 0 atom stereocenters. The molecule has 0 spiro atoms. The third-order valence-electron chi connectivity index (χ3n) is 2.47. The molecule has 0 aliphatic carbocycles. The van der Waals surface area contributed by atoms with Crippen LogP contribution < -0.4 is 4.72 Å². The van der Waals surface area contributed by atoms with Crippen molar-refractivity contribution in [2.24, 2.45) is 0 Å². The van der Waals surface area contributed by atoms with E-state index in [-0.39, 0.29) is 17.1 Å². The van der Waals surface area contributed by atoms with E-state index in [0.29, 0.717) is 4.88 Å². The minimum absolute atomic E-state index is 0.228. The molecule has 2 N–H and O–H groups in total. The summed E-state index contributed by atoms with van der Waals surface area (Å²) in [5.74, 6) is -1.05. The number of carboxylic acid groups (broad SMARTS) is 1. The van der Waals surface area contributed by atoms with Gasteiger partial charge in [-0.15, -0.1) is 11.3 Å². The lowest BCUT2D eigenvalue weighted by Gasteiger charge is -2.04. The van der Waals surface area contributed by atoms with Gasteiger partial charge in [0, 0.05) is 16.0 Å². The second-order valence-electron chi connectivity index (χ2n) is 4.20. The first-order valence-corrected chi connectivity index (χ1v) is 7.92. The minimum atomic E-state index is -3.68. The number of aromatic nitrogens is 2. The monoisotopic (exact) mass is 315 g/mol. The van der Waals surface area contributed by atoms with Gasteiger partial charge in [0.2, 0.25) is 0 Å². The number of anilines is 1. The van der Waals surface area contributed by atoms with Gasteiger partial charge in [0.25, 0.3) is 10.0 Å². The zero-order valence-corrected chi connectivity index (χ0v) is 12.5. The van der Waals surface area contributed by atoms with Crippen LogP contribution in [0.5, 0.6) is 0 Å². The second kappa shape index (κ2) is 5.25. The lowest BCUT2D eigenvalue weighted by molar-refractivity contribution is -0.137. The molecular weight excluding hydrogens is 302 g/mol. The highest BCUT2D eigenvalue weighted by Gasteiger charge is 2.19. The first-order chi connectivity index (χ1) is 9.28. The number of sulfonamides is 1. The molecule has 0 radical (unpaired) electrons. The molecule has 0 bridgehead atoms. The van der Waals surface area contributed by atoms with E-state index in [1.807, 2.05) is 6.92 Å². The molecule has 0 fully saturated rings. The molecule has 0 aliphatic heterocycles. The predicted octanol–water partition coefficient (Wildman–Crippen LogP) is 1.45. The van der Waals surface area contributed by atoms with Crippen LogP contribution in [0.1, 0.15) is 9.75 Å². The van der Waals surface area contributed by atoms with Crippen LogP contribution in [0.3, 0.4) is 0 Å². The van der Waals surface area contributed by atoms with E-state index in [9.17, 15) is 13.2 Å². The molecule has 108 valence electrons. The Hall–Kier alpha value is -1.87. The van der Waals surface area contributed by atoms with Gasteiger partial charge in [0.15, 0.2) is 0 Å². The Morgan fingerprint density at radius 3 is 2.75 bits per heavy atom. The summed E-state index contributed by atoms with van der Waals surface area (Å²) in [6, 6.07) is 1.60. The Bertz CT molecular complexity index is 746. The summed E-state index contributed by atoms with van der Waals surface area (Å²) in [7, 11) is -3.68. The number of hydrogen-bond acceptors (Lipinski definition) is 5. The molecule has 0 saturated heterocycles. The Morgan fingerprint density at radius 2 is 2.20 bits per heavy atom. The van der Waals surface area contributed by atoms with Gasteiger partial charge in [-0.25, -0.2) is 8.42 Å². The summed E-state index contributed by atoms with van der Waals surface area (Å²) < 4.78 is 27.9. The van der Waals surface area contributed by atoms with Crippen LogP contribution in [0.25, 0.3) is 0 Å². The summed E-state index contributed by atoms with van der Waals surface area (Å²) in [6.45, 7) is 3.25. The van der Waals surface area contributed by atoms with Crippen LogP contribution in [-0.4, -0.2) is 29.3 Å². The first kappa shape index (κ1) is 14.5. The first-order valence-electron chi connectivity index (χ1n) is 5.62. The van der Waals surface area contributed by atoms with Crippen LogP contribution in [0.2, 0.25) is 0 Å². The number of hydrogen-bond donors (Lipinski definition) is 2. The number of thiophene rings is 1. The van der Waals surface area contributed by atoms with Gasteiger partial charge in [-0.05, 0) is 19.9 Å². The smallest absolute Gasteiger partial charge is 0.325 e. The van der Waals surface area contributed by atoms with Crippen molar-refractivity contribution in [3.63, 3.8) is 0 Å². The average Bonchev–Trinajstić information content (AvgIpc) is 2.84. The minimum Gasteiger partial charge on any atom is -0.480 e. The van der Waals surface area contributed by atoms with Crippen molar-refractivity contribution in [1.29, 1.82) is 0 Å². The van der Waals surface area contributed by atoms with Crippen LogP contribution in [0.4, 0.5) is 5.69 Å². The number of aliphatic carboxylic acids is 1. The van der Waals surface area contributed by atoms with Crippen molar-refractivity contribution in [3.05, 3.63) is 28.2 Å². The largest absolute Gasteiger partial charge is 0.480 e. The van der Waals surface area contributed by atoms with E-state index in [1.54, 1.807) is 13.0 Å². The Morgan fingerprint density at radius 1 is 1.50 bits per heavy atom. The van der Waals surface area contributed by atoms with Gasteiger partial charge in [-0.1, -0.05) is 0 Å². The van der Waals surface area contributed by atoms with E-state index >= 15 is 0 Å². The maximum Gasteiger partial charge on any atom is 0.325 e. The van der Waals surface area contributed by atoms with E-state index in [2.05, 4.69) is 9.82 Å². The van der Waals surface area contributed by atoms with Crippen LogP contribution in [0, 0.1) is 13.8 Å². The van der Waals surface area contributed by atoms with Gasteiger partial charge in [-0.2, -0.15) is 5.10 Å². The molecule has 0 saturated carbocycles. The van der Waals surface area contributed by atoms with Gasteiger partial charge in [-0.3, -0.25) is 14.2 Å². The third kappa shape index (κ3) is 3.17. The van der Waals surface area contributed by atoms with E-state index in [0.717, 1.165) is 9.56 Å². The van der Waals surface area contributed by atoms with E-state index < -0.39 is 16.0 Å².